The van der Waals surface area contributed by atoms with Crippen LogP contribution in [0.4, 0.5) is 0 Å². The van der Waals surface area contributed by atoms with Crippen LogP contribution >= 0.6 is 0 Å². The van der Waals surface area contributed by atoms with Crippen molar-refractivity contribution in [3.63, 3.8) is 0 Å². The van der Waals surface area contributed by atoms with Gasteiger partial charge in [0.15, 0.2) is 0 Å². The highest BCUT2D eigenvalue weighted by Crippen LogP contribution is 2.00. The number of aromatic nitrogens is 4. The molecule has 8 heteroatoms. The van der Waals surface area contributed by atoms with Crippen molar-refractivity contribution in [3.05, 3.63) is 40.8 Å². The fourth-order valence-corrected chi connectivity index (χ4v) is 1.85. The van der Waals surface area contributed by atoms with E-state index >= 15 is 0 Å². The van der Waals surface area contributed by atoms with E-state index in [0.29, 0.717) is 12.3 Å². The lowest BCUT2D eigenvalue weighted by Crippen LogP contribution is -2.39. The molecule has 0 radical (unpaired) electrons. The average Bonchev–Trinajstić information content (AvgIpc) is 2.81. The zero-order chi connectivity index (χ0) is 15.2. The minimum absolute atomic E-state index is 0.137. The van der Waals surface area contributed by atoms with Crippen LogP contribution in [-0.2, 0) is 16.1 Å². The monoisotopic (exact) mass is 291 g/mol. The molecule has 8 nitrogen and oxygen atoms in total. The molecule has 1 aromatic carbocycles. The molecule has 0 aliphatic rings. The topological polar surface area (TPSA) is 91.0 Å². The number of nitrogens with zero attached hydrogens (tertiary/aromatic N) is 4. The van der Waals surface area contributed by atoms with Crippen molar-refractivity contribution in [2.75, 3.05) is 13.7 Å². The maximum absolute atomic E-state index is 12.1. The number of benzene rings is 1. The van der Waals surface area contributed by atoms with Gasteiger partial charge in [0.25, 0.3) is 0 Å². The summed E-state index contributed by atoms with van der Waals surface area (Å²) in [4.78, 5) is 23.9. The van der Waals surface area contributed by atoms with E-state index in [1.54, 1.807) is 31.4 Å². The zero-order valence-electron chi connectivity index (χ0n) is 11.9. The zero-order valence-corrected chi connectivity index (χ0v) is 11.9. The average molecular weight is 291 g/mol. The predicted molar refractivity (Wildman–Crippen MR) is 75.1 cm³/mol. The number of carbonyl (C=O) groups is 1. The Morgan fingerprint density at radius 3 is 2.71 bits per heavy atom. The number of carbonyl (C=O) groups excluding carboxylic acids is 1. The van der Waals surface area contributed by atoms with E-state index in [1.807, 2.05) is 13.0 Å². The number of hydrogen-bond acceptors (Lipinski definition) is 5. The van der Waals surface area contributed by atoms with E-state index < -0.39 is 5.69 Å². The lowest BCUT2D eigenvalue weighted by Gasteiger charge is -2.11. The summed E-state index contributed by atoms with van der Waals surface area (Å²) in [6, 6.07) is 8.76. The molecule has 21 heavy (non-hydrogen) atoms. The quantitative estimate of drug-likeness (QED) is 0.780. The Kier molecular flexibility index (Phi) is 4.83. The Morgan fingerprint density at radius 2 is 2.05 bits per heavy atom. The van der Waals surface area contributed by atoms with Gasteiger partial charge in [0.2, 0.25) is 5.91 Å². The second-order valence-corrected chi connectivity index (χ2v) is 4.59. The number of hydrogen-bond donors (Lipinski definition) is 1. The van der Waals surface area contributed by atoms with Crippen molar-refractivity contribution >= 4 is 5.91 Å². The smallest absolute Gasteiger partial charge is 0.368 e. The number of ether oxygens (including phenoxy) is 1. The molecule has 1 N–H and O–H groups in total. The first-order valence-corrected chi connectivity index (χ1v) is 6.48. The van der Waals surface area contributed by atoms with Gasteiger partial charge in [-0.3, -0.25) is 4.79 Å². The number of amides is 1. The van der Waals surface area contributed by atoms with Crippen LogP contribution in [0.3, 0.4) is 0 Å². The van der Waals surface area contributed by atoms with Gasteiger partial charge in [0.05, 0.1) is 12.3 Å². The molecule has 1 amide bonds. The van der Waals surface area contributed by atoms with E-state index in [-0.39, 0.29) is 18.5 Å². The minimum atomic E-state index is -0.462. The summed E-state index contributed by atoms with van der Waals surface area (Å²) in [6.45, 7) is 2.03. The third-order valence-electron chi connectivity index (χ3n) is 2.76. The molecule has 1 atom stereocenters. The molecule has 0 saturated carbocycles. The molecule has 0 aliphatic carbocycles. The molecule has 2 rings (SSSR count). The molecule has 0 spiro atoms. The summed E-state index contributed by atoms with van der Waals surface area (Å²) in [7, 11) is 1.55. The SMILES string of the molecule is COCC(C)NC(=O)Cn1nnn(-c2ccccc2)c1=O. The van der Waals surface area contributed by atoms with E-state index in [9.17, 15) is 9.59 Å². The Labute approximate surface area is 121 Å². The Morgan fingerprint density at radius 1 is 1.33 bits per heavy atom. The van der Waals surface area contributed by atoms with Gasteiger partial charge in [0, 0.05) is 13.2 Å². The molecule has 112 valence electrons. The number of nitrogens with one attached hydrogen (secondary N) is 1. The summed E-state index contributed by atoms with van der Waals surface area (Å²) in [5.74, 6) is -0.318. The van der Waals surface area contributed by atoms with E-state index in [4.69, 9.17) is 4.74 Å². The van der Waals surface area contributed by atoms with Gasteiger partial charge in [-0.15, -0.1) is 0 Å². The summed E-state index contributed by atoms with van der Waals surface area (Å²) in [5.41, 5.74) is 0.137. The van der Waals surface area contributed by atoms with Crippen LogP contribution in [0, 0.1) is 0 Å². The standard InChI is InChI=1S/C13H17N5O3/c1-10(9-21-2)14-12(19)8-17-13(20)18(16-15-17)11-6-4-3-5-7-11/h3-7,10H,8-9H2,1-2H3,(H,14,19). The van der Waals surface area contributed by atoms with Crippen molar-refractivity contribution in [1.29, 1.82) is 0 Å². The first kappa shape index (κ1) is 14.9. The molecule has 0 aliphatic heterocycles. The van der Waals surface area contributed by atoms with Gasteiger partial charge in [-0.25, -0.2) is 4.79 Å². The summed E-state index contributed by atoms with van der Waals surface area (Å²) in [6.07, 6.45) is 0. The first-order chi connectivity index (χ1) is 10.1. The normalized spacial score (nSPS) is 12.1. The summed E-state index contributed by atoms with van der Waals surface area (Å²) < 4.78 is 7.09. The van der Waals surface area contributed by atoms with Crippen LogP contribution in [0.15, 0.2) is 35.1 Å². The highest BCUT2D eigenvalue weighted by Gasteiger charge is 2.13. The third kappa shape index (κ3) is 3.76. The van der Waals surface area contributed by atoms with Gasteiger partial charge in [-0.1, -0.05) is 18.2 Å². The Balaban J connectivity index is 2.08. The van der Waals surface area contributed by atoms with Gasteiger partial charge in [-0.2, -0.15) is 9.36 Å². The molecule has 0 saturated heterocycles. The van der Waals surface area contributed by atoms with Crippen LogP contribution in [0.2, 0.25) is 0 Å². The molecule has 1 aromatic heterocycles. The van der Waals surface area contributed by atoms with Gasteiger partial charge in [0.1, 0.15) is 6.54 Å². The predicted octanol–water partition coefficient (Wildman–Crippen LogP) is -0.420. The van der Waals surface area contributed by atoms with Crippen molar-refractivity contribution in [3.8, 4) is 5.69 Å². The van der Waals surface area contributed by atoms with Crippen LogP contribution < -0.4 is 11.0 Å². The van der Waals surface area contributed by atoms with Crippen LogP contribution in [0.5, 0.6) is 0 Å². The molecule has 0 bridgehead atoms. The maximum Gasteiger partial charge on any atom is 0.368 e. The first-order valence-electron chi connectivity index (χ1n) is 6.48. The second-order valence-electron chi connectivity index (χ2n) is 4.59. The van der Waals surface area contributed by atoms with E-state index in [1.165, 1.54) is 0 Å². The largest absolute Gasteiger partial charge is 0.383 e. The second kappa shape index (κ2) is 6.80. The fraction of sp³-hybridized carbons (Fsp3) is 0.385. The molecular weight excluding hydrogens is 274 g/mol. The number of tetrazole rings is 1. The van der Waals surface area contributed by atoms with E-state index in [2.05, 4.69) is 15.7 Å². The maximum atomic E-state index is 12.1. The van der Waals surface area contributed by atoms with Crippen molar-refractivity contribution in [2.24, 2.45) is 0 Å². The Bertz CT molecular complexity index is 649. The van der Waals surface area contributed by atoms with E-state index in [0.717, 1.165) is 9.36 Å². The number of para-hydroxylation sites is 1. The number of rotatable bonds is 6. The van der Waals surface area contributed by atoms with Crippen LogP contribution in [0.1, 0.15) is 6.92 Å². The third-order valence-corrected chi connectivity index (χ3v) is 2.76. The highest BCUT2D eigenvalue weighted by atomic mass is 16.5. The van der Waals surface area contributed by atoms with Gasteiger partial charge in [-0.05, 0) is 29.5 Å². The lowest BCUT2D eigenvalue weighted by atomic mass is 10.3. The molecule has 1 unspecified atom stereocenters. The fourth-order valence-electron chi connectivity index (χ4n) is 1.85. The highest BCUT2D eigenvalue weighted by molar-refractivity contribution is 5.75. The summed E-state index contributed by atoms with van der Waals surface area (Å²) in [5, 5.41) is 10.2. The molecule has 2 aromatic rings. The Hall–Kier alpha value is -2.48. The van der Waals surface area contributed by atoms with Gasteiger partial charge >= 0.3 is 5.69 Å². The van der Waals surface area contributed by atoms with Crippen molar-refractivity contribution < 1.29 is 9.53 Å². The van der Waals surface area contributed by atoms with Gasteiger partial charge < -0.3 is 10.1 Å². The van der Waals surface area contributed by atoms with Crippen molar-refractivity contribution in [1.82, 2.24) is 25.1 Å². The lowest BCUT2D eigenvalue weighted by molar-refractivity contribution is -0.122. The summed E-state index contributed by atoms with van der Waals surface area (Å²) >= 11 is 0. The van der Waals surface area contributed by atoms with Crippen molar-refractivity contribution in [2.45, 2.75) is 19.5 Å². The van der Waals surface area contributed by atoms with Crippen LogP contribution in [0.25, 0.3) is 5.69 Å². The number of methoxy groups -OCH3 is 1. The molecule has 1 heterocycles. The molecular formula is C13H17N5O3. The molecule has 0 fully saturated rings. The van der Waals surface area contributed by atoms with Crippen LogP contribution in [-0.4, -0.2) is 45.5 Å². The minimum Gasteiger partial charge on any atom is -0.383 e.